The molecule has 126 valence electrons. The molecule has 3 heteroatoms. The summed E-state index contributed by atoms with van der Waals surface area (Å²) in [5, 5.41) is 2.52. The van der Waals surface area contributed by atoms with Gasteiger partial charge in [-0.25, -0.2) is 4.98 Å². The molecular formula is C22H23N3. The van der Waals surface area contributed by atoms with E-state index < -0.39 is 0 Å². The molecule has 0 N–H and O–H groups in total. The number of aromatic nitrogens is 2. The number of pyridine rings is 1. The molecule has 0 aliphatic rings. The normalized spacial score (nSPS) is 11.6. The summed E-state index contributed by atoms with van der Waals surface area (Å²) in [4.78, 5) is 7.38. The Morgan fingerprint density at radius 1 is 0.880 bits per heavy atom. The highest BCUT2D eigenvalue weighted by molar-refractivity contribution is 5.87. The third-order valence-corrected chi connectivity index (χ3v) is 4.92. The molecule has 4 aromatic rings. The summed E-state index contributed by atoms with van der Waals surface area (Å²) in [6.07, 6.45) is 2.12. The maximum atomic E-state index is 4.95. The van der Waals surface area contributed by atoms with Crippen LogP contribution in [0.15, 0.2) is 66.9 Å². The molecule has 3 nitrogen and oxygen atoms in total. The zero-order valence-corrected chi connectivity index (χ0v) is 14.8. The van der Waals surface area contributed by atoms with Crippen molar-refractivity contribution in [3.8, 4) is 11.3 Å². The number of hydrogen-bond donors (Lipinski definition) is 0. The van der Waals surface area contributed by atoms with Gasteiger partial charge in [-0.15, -0.1) is 0 Å². The SMILES string of the molecule is CCN(CC)Cc1c(-c2ccc3ccccc3c2)nc2ccccn12. The lowest BCUT2D eigenvalue weighted by Crippen LogP contribution is -2.23. The molecule has 0 radical (unpaired) electrons. The van der Waals surface area contributed by atoms with E-state index >= 15 is 0 Å². The molecule has 0 saturated heterocycles. The lowest BCUT2D eigenvalue weighted by molar-refractivity contribution is 0.292. The first-order chi connectivity index (χ1) is 12.3. The second-order valence-corrected chi connectivity index (χ2v) is 6.36. The molecule has 0 unspecified atom stereocenters. The minimum atomic E-state index is 0.903. The molecule has 0 atom stereocenters. The first-order valence-electron chi connectivity index (χ1n) is 8.97. The first-order valence-corrected chi connectivity index (χ1v) is 8.97. The number of benzene rings is 2. The van der Waals surface area contributed by atoms with Crippen LogP contribution in [0.1, 0.15) is 19.5 Å². The van der Waals surface area contributed by atoms with E-state index in [-0.39, 0.29) is 0 Å². The summed E-state index contributed by atoms with van der Waals surface area (Å²) in [5.41, 5.74) is 4.54. The Morgan fingerprint density at radius 2 is 1.64 bits per heavy atom. The topological polar surface area (TPSA) is 20.5 Å². The fourth-order valence-electron chi connectivity index (χ4n) is 3.42. The van der Waals surface area contributed by atoms with E-state index in [1.807, 2.05) is 6.07 Å². The van der Waals surface area contributed by atoms with Crippen molar-refractivity contribution in [1.29, 1.82) is 0 Å². The van der Waals surface area contributed by atoms with Crippen molar-refractivity contribution in [2.24, 2.45) is 0 Å². The van der Waals surface area contributed by atoms with Gasteiger partial charge in [0.15, 0.2) is 0 Å². The van der Waals surface area contributed by atoms with Crippen LogP contribution < -0.4 is 0 Å². The van der Waals surface area contributed by atoms with Crippen LogP contribution in [0.2, 0.25) is 0 Å². The largest absolute Gasteiger partial charge is 0.302 e. The third-order valence-electron chi connectivity index (χ3n) is 4.92. The summed E-state index contributed by atoms with van der Waals surface area (Å²) < 4.78 is 2.23. The maximum absolute atomic E-state index is 4.95. The Bertz CT molecular complexity index is 1010. The van der Waals surface area contributed by atoms with Gasteiger partial charge in [-0.3, -0.25) is 4.90 Å². The Labute approximate surface area is 148 Å². The quantitative estimate of drug-likeness (QED) is 0.514. The zero-order chi connectivity index (χ0) is 17.2. The average molecular weight is 329 g/mol. The molecule has 0 spiro atoms. The molecule has 0 aliphatic carbocycles. The molecule has 0 saturated carbocycles. The molecule has 4 rings (SSSR count). The predicted molar refractivity (Wildman–Crippen MR) is 105 cm³/mol. The number of imidazole rings is 1. The number of rotatable bonds is 5. The van der Waals surface area contributed by atoms with Gasteiger partial charge >= 0.3 is 0 Å². The van der Waals surface area contributed by atoms with Gasteiger partial charge in [-0.2, -0.15) is 0 Å². The second kappa shape index (κ2) is 6.69. The van der Waals surface area contributed by atoms with Gasteiger partial charge in [0.05, 0.1) is 11.4 Å². The first kappa shape index (κ1) is 15.9. The van der Waals surface area contributed by atoms with Crippen molar-refractivity contribution in [3.05, 3.63) is 72.6 Å². The molecule has 0 aliphatic heterocycles. The van der Waals surface area contributed by atoms with Gasteiger partial charge in [0.1, 0.15) is 5.65 Å². The van der Waals surface area contributed by atoms with Gasteiger partial charge in [0, 0.05) is 18.3 Å². The van der Waals surface area contributed by atoms with Crippen molar-refractivity contribution < 1.29 is 0 Å². The molecule has 2 aromatic carbocycles. The summed E-state index contributed by atoms with van der Waals surface area (Å²) in [6.45, 7) is 7.40. The minimum Gasteiger partial charge on any atom is -0.302 e. The van der Waals surface area contributed by atoms with E-state index in [0.717, 1.165) is 31.0 Å². The predicted octanol–water partition coefficient (Wildman–Crippen LogP) is 5.00. The standard InChI is InChI=1S/C22H23N3/c1-3-24(4-2)16-20-22(23-21-11-7-8-14-25(20)21)19-13-12-17-9-5-6-10-18(17)15-19/h5-15H,3-4,16H2,1-2H3. The maximum Gasteiger partial charge on any atom is 0.137 e. The molecule has 0 bridgehead atoms. The Hall–Kier alpha value is -2.65. The molecular weight excluding hydrogens is 306 g/mol. The molecule has 25 heavy (non-hydrogen) atoms. The second-order valence-electron chi connectivity index (χ2n) is 6.36. The van der Waals surface area contributed by atoms with Gasteiger partial charge < -0.3 is 4.40 Å². The van der Waals surface area contributed by atoms with Crippen LogP contribution in [0, 0.1) is 0 Å². The minimum absolute atomic E-state index is 0.903. The van der Waals surface area contributed by atoms with Crippen molar-refractivity contribution in [2.45, 2.75) is 20.4 Å². The van der Waals surface area contributed by atoms with E-state index in [2.05, 4.69) is 83.9 Å². The summed E-state index contributed by atoms with van der Waals surface area (Å²) in [7, 11) is 0. The molecule has 0 fully saturated rings. The van der Waals surface area contributed by atoms with Crippen LogP contribution in [0.5, 0.6) is 0 Å². The smallest absolute Gasteiger partial charge is 0.137 e. The molecule has 2 aromatic heterocycles. The Morgan fingerprint density at radius 3 is 2.44 bits per heavy atom. The fraction of sp³-hybridized carbons (Fsp3) is 0.227. The van der Waals surface area contributed by atoms with E-state index in [1.54, 1.807) is 0 Å². The van der Waals surface area contributed by atoms with E-state index in [0.29, 0.717) is 0 Å². The van der Waals surface area contributed by atoms with Crippen LogP contribution in [0.25, 0.3) is 27.7 Å². The lowest BCUT2D eigenvalue weighted by Gasteiger charge is -2.18. The number of nitrogens with zero attached hydrogens (tertiary/aromatic N) is 3. The summed E-state index contributed by atoms with van der Waals surface area (Å²) in [5.74, 6) is 0. The van der Waals surface area contributed by atoms with E-state index in [1.165, 1.54) is 22.0 Å². The Balaban J connectivity index is 1.89. The van der Waals surface area contributed by atoms with E-state index in [9.17, 15) is 0 Å². The highest BCUT2D eigenvalue weighted by Crippen LogP contribution is 2.28. The monoisotopic (exact) mass is 329 g/mol. The molecule has 0 amide bonds. The highest BCUT2D eigenvalue weighted by Gasteiger charge is 2.16. The van der Waals surface area contributed by atoms with Crippen LogP contribution in [0.3, 0.4) is 0 Å². The lowest BCUT2D eigenvalue weighted by atomic mass is 10.0. The fourth-order valence-corrected chi connectivity index (χ4v) is 3.42. The van der Waals surface area contributed by atoms with Crippen molar-refractivity contribution in [3.63, 3.8) is 0 Å². The summed E-state index contributed by atoms with van der Waals surface area (Å²) >= 11 is 0. The van der Waals surface area contributed by atoms with E-state index in [4.69, 9.17) is 4.98 Å². The van der Waals surface area contributed by atoms with Gasteiger partial charge in [0.2, 0.25) is 0 Å². The van der Waals surface area contributed by atoms with Crippen molar-refractivity contribution in [2.75, 3.05) is 13.1 Å². The van der Waals surface area contributed by atoms with Crippen LogP contribution >= 0.6 is 0 Å². The molecule has 2 heterocycles. The van der Waals surface area contributed by atoms with Gasteiger partial charge in [0.25, 0.3) is 0 Å². The average Bonchev–Trinajstić information content (AvgIpc) is 3.04. The summed E-state index contributed by atoms with van der Waals surface area (Å²) in [6, 6.07) is 21.3. The zero-order valence-electron chi connectivity index (χ0n) is 14.8. The van der Waals surface area contributed by atoms with Crippen molar-refractivity contribution in [1.82, 2.24) is 14.3 Å². The van der Waals surface area contributed by atoms with Crippen LogP contribution in [-0.2, 0) is 6.54 Å². The van der Waals surface area contributed by atoms with Crippen LogP contribution in [-0.4, -0.2) is 27.4 Å². The highest BCUT2D eigenvalue weighted by atomic mass is 15.1. The number of fused-ring (bicyclic) bond motifs is 2. The van der Waals surface area contributed by atoms with Gasteiger partial charge in [-0.05, 0) is 42.1 Å². The Kier molecular flexibility index (Phi) is 4.24. The van der Waals surface area contributed by atoms with Crippen LogP contribution in [0.4, 0.5) is 0 Å². The third kappa shape index (κ3) is 2.92. The van der Waals surface area contributed by atoms with Gasteiger partial charge in [-0.1, -0.05) is 56.3 Å². The van der Waals surface area contributed by atoms with Crippen molar-refractivity contribution >= 4 is 16.4 Å². The number of hydrogen-bond acceptors (Lipinski definition) is 2.